The number of phenols is 1. The monoisotopic (exact) mass is 330 g/mol. The van der Waals surface area contributed by atoms with Gasteiger partial charge in [-0.1, -0.05) is 0 Å². The smallest absolute Gasteiger partial charge is 0.340 e. The van der Waals surface area contributed by atoms with Crippen LogP contribution in [0, 0.1) is 0 Å². The maximum Gasteiger partial charge on any atom is 0.340 e. The molecule has 0 bridgehead atoms. The van der Waals surface area contributed by atoms with Gasteiger partial charge in [0.15, 0.2) is 0 Å². The summed E-state index contributed by atoms with van der Waals surface area (Å²) in [7, 11) is 2.64. The van der Waals surface area contributed by atoms with Crippen molar-refractivity contribution < 1.29 is 31.6 Å². The van der Waals surface area contributed by atoms with Crippen LogP contribution in [0.1, 0.15) is 18.7 Å². The highest BCUT2D eigenvalue weighted by Gasteiger charge is 2.24. The molecule has 0 amide bonds. The number of carboxylic acid groups (broad SMARTS) is 1. The van der Waals surface area contributed by atoms with Gasteiger partial charge >= 0.3 is 5.97 Å². The predicted octanol–water partition coefficient (Wildman–Crippen LogP) is 3.66. The Balaban J connectivity index is 2.37. The summed E-state index contributed by atoms with van der Waals surface area (Å²) in [4.78, 5) is 11.8. The van der Waals surface area contributed by atoms with Crippen LogP contribution in [0.5, 0.6) is 11.5 Å². The summed E-state index contributed by atoms with van der Waals surface area (Å²) in [5.41, 5.74) is 0.361. The number of carboxylic acids is 1. The molecule has 0 saturated carbocycles. The van der Waals surface area contributed by atoms with Gasteiger partial charge < -0.3 is 24.1 Å². The zero-order valence-electron chi connectivity index (χ0n) is 15.0. The molecule has 2 aromatic carbocycles. The van der Waals surface area contributed by atoms with Crippen LogP contribution in [0.2, 0.25) is 0 Å². The third kappa shape index (κ3) is 2.68. The number of fused-ring (bicyclic) bond motifs is 1. The lowest BCUT2D eigenvalue weighted by Gasteiger charge is -2.10. The average molecular weight is 330 g/mol. The van der Waals surface area contributed by atoms with E-state index in [9.17, 15) is 15.0 Å². The van der Waals surface area contributed by atoms with E-state index >= 15 is 0 Å². The molecule has 0 fully saturated rings. The minimum Gasteiger partial charge on any atom is -0.508 e. The highest BCUT2D eigenvalue weighted by molar-refractivity contribution is 6.08. The zero-order chi connectivity index (χ0) is 19.1. The van der Waals surface area contributed by atoms with E-state index in [2.05, 4.69) is 0 Å². The number of benzene rings is 2. The van der Waals surface area contributed by atoms with Gasteiger partial charge in [-0.3, -0.25) is 0 Å². The maximum absolute atomic E-state index is 11.8. The summed E-state index contributed by atoms with van der Waals surface area (Å²) < 4.78 is 31.9. The van der Waals surface area contributed by atoms with Gasteiger partial charge in [0.2, 0.25) is 0 Å². The summed E-state index contributed by atoms with van der Waals surface area (Å²) in [5, 5.41) is 19.6. The summed E-state index contributed by atoms with van der Waals surface area (Å²) in [6.07, 6.45) is 0. The van der Waals surface area contributed by atoms with Gasteiger partial charge in [-0.15, -0.1) is 0 Å². The molecule has 6 heteroatoms. The van der Waals surface area contributed by atoms with E-state index in [1.165, 1.54) is 44.6 Å². The van der Waals surface area contributed by atoms with E-state index in [1.807, 2.05) is 0 Å². The van der Waals surface area contributed by atoms with Gasteiger partial charge in [-0.05, 0) is 42.0 Å². The molecule has 0 aliphatic rings. The highest BCUT2D eigenvalue weighted by atomic mass is 16.5. The molecule has 0 atom stereocenters. The lowest BCUT2D eigenvalue weighted by molar-refractivity contribution is 0.0699. The molecule has 124 valence electrons. The molecule has 1 heterocycles. The average Bonchev–Trinajstić information content (AvgIpc) is 2.99. The second kappa shape index (κ2) is 6.25. The van der Waals surface area contributed by atoms with Crippen molar-refractivity contribution in [1.82, 2.24) is 0 Å². The van der Waals surface area contributed by atoms with E-state index in [4.69, 9.17) is 16.6 Å². The van der Waals surface area contributed by atoms with Crippen molar-refractivity contribution in [2.24, 2.45) is 0 Å². The van der Waals surface area contributed by atoms with Crippen LogP contribution in [-0.4, -0.2) is 30.4 Å². The van der Waals surface area contributed by atoms with Crippen molar-refractivity contribution in [3.63, 3.8) is 0 Å². The third-order valence-electron chi connectivity index (χ3n) is 3.57. The van der Waals surface area contributed by atoms with Gasteiger partial charge in [0.1, 0.15) is 28.4 Å². The Morgan fingerprint density at radius 2 is 2.04 bits per heavy atom. The number of furan rings is 1. The first-order valence-corrected chi connectivity index (χ1v) is 7.01. The molecule has 6 nitrogen and oxygen atoms in total. The van der Waals surface area contributed by atoms with E-state index in [0.29, 0.717) is 5.75 Å². The normalized spacial score (nSPS) is 12.8. The number of aromatic carboxylic acids is 1. The Morgan fingerprint density at radius 1 is 1.25 bits per heavy atom. The number of phenolic OH excluding ortho intramolecular Hbond substituents is 1. The Morgan fingerprint density at radius 3 is 2.71 bits per heavy atom. The van der Waals surface area contributed by atoms with Crippen molar-refractivity contribution in [3.8, 4) is 22.8 Å². The number of ether oxygens (including phenoxy) is 2. The molecule has 0 aliphatic heterocycles. The lowest BCUT2D eigenvalue weighted by atomic mass is 10.0. The molecule has 0 unspecified atom stereocenters. The van der Waals surface area contributed by atoms with Gasteiger partial charge in [0, 0.05) is 18.1 Å². The van der Waals surface area contributed by atoms with Crippen LogP contribution >= 0.6 is 0 Å². The molecule has 0 saturated heterocycles. The minimum atomic E-state index is -2.21. The summed E-state index contributed by atoms with van der Waals surface area (Å²) in [6, 6.07) is 8.63. The molecule has 24 heavy (non-hydrogen) atoms. The molecule has 0 aliphatic carbocycles. The molecule has 0 radical (unpaired) electrons. The number of methoxy groups -OCH3 is 2. The number of carbonyl (C=O) groups is 1. The van der Waals surface area contributed by atoms with Crippen LogP contribution in [-0.2, 0) is 11.3 Å². The predicted molar refractivity (Wildman–Crippen MR) is 87.5 cm³/mol. The zero-order valence-corrected chi connectivity index (χ0v) is 13.0. The van der Waals surface area contributed by atoms with Gasteiger partial charge in [-0.25, -0.2) is 4.79 Å². The quantitative estimate of drug-likeness (QED) is 0.742. The van der Waals surface area contributed by atoms with E-state index in [0.717, 1.165) is 0 Å². The first kappa shape index (κ1) is 13.4. The van der Waals surface area contributed by atoms with Gasteiger partial charge in [-0.2, -0.15) is 0 Å². The first-order chi connectivity index (χ1) is 12.3. The Bertz CT molecular complexity index is 993. The van der Waals surface area contributed by atoms with Crippen LogP contribution in [0.15, 0.2) is 40.8 Å². The van der Waals surface area contributed by atoms with Crippen molar-refractivity contribution >= 4 is 16.9 Å². The fraction of sp³-hybridized carbons (Fsp3) is 0.167. The summed E-state index contributed by atoms with van der Waals surface area (Å²) in [5.74, 6) is -1.01. The van der Waals surface area contributed by atoms with Crippen molar-refractivity contribution in [1.29, 1.82) is 0 Å². The number of hydrogen-bond donors (Lipinski definition) is 2. The molecular weight excluding hydrogens is 312 g/mol. The largest absolute Gasteiger partial charge is 0.508 e. The SMILES string of the molecule is [2H]C([2H])(OC)c1cc(OC)ccc1-c1oc2ccc(O)cc2c1C(=O)O. The fourth-order valence-electron chi connectivity index (χ4n) is 2.53. The van der Waals surface area contributed by atoms with Crippen LogP contribution in [0.3, 0.4) is 0 Å². The molecule has 3 aromatic rings. The molecule has 1 aromatic heterocycles. The fourth-order valence-corrected chi connectivity index (χ4v) is 2.53. The number of hydrogen-bond acceptors (Lipinski definition) is 5. The Kier molecular flexibility index (Phi) is 3.50. The van der Waals surface area contributed by atoms with Crippen LogP contribution < -0.4 is 4.74 Å². The first-order valence-electron chi connectivity index (χ1n) is 8.01. The molecule has 3 rings (SSSR count). The maximum atomic E-state index is 11.8. The van der Waals surface area contributed by atoms with Gasteiger partial charge in [0.05, 0.1) is 16.4 Å². The van der Waals surface area contributed by atoms with E-state index in [1.54, 1.807) is 6.07 Å². The minimum absolute atomic E-state index is 0.0309. The second-order valence-electron chi connectivity index (χ2n) is 5.01. The van der Waals surface area contributed by atoms with Crippen molar-refractivity contribution in [2.45, 2.75) is 6.56 Å². The third-order valence-corrected chi connectivity index (χ3v) is 3.57. The van der Waals surface area contributed by atoms with Crippen LogP contribution in [0.4, 0.5) is 0 Å². The summed E-state index contributed by atoms with van der Waals surface area (Å²) in [6.45, 7) is -2.21. The summed E-state index contributed by atoms with van der Waals surface area (Å²) >= 11 is 0. The Labute approximate surface area is 140 Å². The topological polar surface area (TPSA) is 89.1 Å². The Hall–Kier alpha value is -2.99. The van der Waals surface area contributed by atoms with Crippen molar-refractivity contribution in [2.75, 3.05) is 14.2 Å². The van der Waals surface area contributed by atoms with Gasteiger partial charge in [0.25, 0.3) is 0 Å². The molecule has 2 N–H and O–H groups in total. The molecular formula is C18H16O6. The highest BCUT2D eigenvalue weighted by Crippen LogP contribution is 2.38. The van der Waals surface area contributed by atoms with E-state index < -0.39 is 12.5 Å². The number of aromatic hydroxyl groups is 1. The lowest BCUT2D eigenvalue weighted by Crippen LogP contribution is -2.00. The van der Waals surface area contributed by atoms with Crippen LogP contribution in [0.25, 0.3) is 22.3 Å². The van der Waals surface area contributed by atoms with E-state index in [-0.39, 0.29) is 39.2 Å². The number of rotatable bonds is 5. The van der Waals surface area contributed by atoms with Crippen molar-refractivity contribution in [3.05, 3.63) is 47.5 Å². The second-order valence-corrected chi connectivity index (χ2v) is 5.01. The standard InChI is InChI=1S/C18H16O6/c1-22-9-10-7-12(23-2)4-5-13(10)17-16(18(20)21)14-8-11(19)3-6-15(14)24-17/h3-8,19H,9H2,1-2H3,(H,20,21)/i9D2. The molecule has 0 spiro atoms.